The Hall–Kier alpha value is -2.09. The predicted molar refractivity (Wildman–Crippen MR) is 53.7 cm³/mol. The number of hydrogen-bond donors (Lipinski definition) is 0. The number of rotatable bonds is 3. The van der Waals surface area contributed by atoms with Crippen LogP contribution in [0.15, 0.2) is 12.1 Å². The molecule has 0 heterocycles. The number of ether oxygens (including phenoxy) is 1. The molecule has 0 atom stereocenters. The summed E-state index contributed by atoms with van der Waals surface area (Å²) < 4.78 is 5.12. The first kappa shape index (κ1) is 11.0. The van der Waals surface area contributed by atoms with Crippen molar-refractivity contribution in [3.63, 3.8) is 0 Å². The second-order valence-electron chi connectivity index (χ2n) is 3.11. The van der Waals surface area contributed by atoms with Crippen LogP contribution in [0.3, 0.4) is 0 Å². The van der Waals surface area contributed by atoms with E-state index in [1.807, 2.05) is 6.07 Å². The molecular formula is C10H10N2O3. The van der Waals surface area contributed by atoms with Crippen LogP contribution in [0.4, 0.5) is 5.69 Å². The number of nitriles is 1. The Morgan fingerprint density at radius 2 is 2.13 bits per heavy atom. The Bertz CT molecular complexity index is 435. The van der Waals surface area contributed by atoms with Crippen LogP contribution in [-0.2, 0) is 0 Å². The van der Waals surface area contributed by atoms with E-state index in [1.165, 1.54) is 6.07 Å². The van der Waals surface area contributed by atoms with E-state index in [2.05, 4.69) is 0 Å². The Kier molecular flexibility index (Phi) is 3.24. The maximum atomic E-state index is 10.6. The van der Waals surface area contributed by atoms with E-state index in [9.17, 15) is 10.1 Å². The van der Waals surface area contributed by atoms with Crippen molar-refractivity contribution in [2.75, 3.05) is 6.61 Å². The zero-order valence-corrected chi connectivity index (χ0v) is 8.48. The summed E-state index contributed by atoms with van der Waals surface area (Å²) in [7, 11) is 0. The summed E-state index contributed by atoms with van der Waals surface area (Å²) in [6.45, 7) is 3.29. The first-order valence-electron chi connectivity index (χ1n) is 4.31. The lowest BCUT2D eigenvalue weighted by Crippen LogP contribution is -1.98. The van der Waals surface area contributed by atoms with Gasteiger partial charge in [-0.05, 0) is 25.5 Å². The fourth-order valence-corrected chi connectivity index (χ4v) is 1.24. The topological polar surface area (TPSA) is 76.2 Å². The van der Waals surface area contributed by atoms with E-state index in [1.54, 1.807) is 19.9 Å². The maximum absolute atomic E-state index is 10.6. The van der Waals surface area contributed by atoms with Crippen molar-refractivity contribution in [2.45, 2.75) is 13.8 Å². The highest BCUT2D eigenvalue weighted by Gasteiger charge is 2.13. The van der Waals surface area contributed by atoms with Gasteiger partial charge in [0.25, 0.3) is 5.69 Å². The van der Waals surface area contributed by atoms with Crippen molar-refractivity contribution in [1.82, 2.24) is 0 Å². The van der Waals surface area contributed by atoms with Crippen LogP contribution >= 0.6 is 0 Å². The third-order valence-electron chi connectivity index (χ3n) is 1.98. The minimum absolute atomic E-state index is 0.0574. The molecule has 0 aromatic heterocycles. The molecule has 78 valence electrons. The Balaban J connectivity index is 3.09. The van der Waals surface area contributed by atoms with Gasteiger partial charge in [-0.2, -0.15) is 5.26 Å². The van der Waals surface area contributed by atoms with Gasteiger partial charge in [-0.25, -0.2) is 0 Å². The third kappa shape index (κ3) is 2.44. The summed E-state index contributed by atoms with van der Waals surface area (Å²) in [5.41, 5.74) is 1.25. The zero-order chi connectivity index (χ0) is 11.4. The van der Waals surface area contributed by atoms with Crippen molar-refractivity contribution in [2.24, 2.45) is 0 Å². The minimum atomic E-state index is -0.434. The fourth-order valence-electron chi connectivity index (χ4n) is 1.24. The first-order valence-corrected chi connectivity index (χ1v) is 4.31. The zero-order valence-electron chi connectivity index (χ0n) is 8.48. The SMILES string of the molecule is Cc1cc([N+](=O)[O-])c(C)cc1OCC#N. The number of nitrogens with zero attached hydrogens (tertiary/aromatic N) is 2. The second kappa shape index (κ2) is 4.42. The molecule has 0 N–H and O–H groups in total. The maximum Gasteiger partial charge on any atom is 0.272 e. The summed E-state index contributed by atoms with van der Waals surface area (Å²) in [6.07, 6.45) is 0. The van der Waals surface area contributed by atoms with Gasteiger partial charge in [0.2, 0.25) is 0 Å². The molecule has 5 heteroatoms. The summed E-state index contributed by atoms with van der Waals surface area (Å²) in [4.78, 5) is 10.2. The van der Waals surface area contributed by atoms with Gasteiger partial charge >= 0.3 is 0 Å². The lowest BCUT2D eigenvalue weighted by Gasteiger charge is -2.07. The molecule has 0 aliphatic rings. The van der Waals surface area contributed by atoms with Crippen LogP contribution in [0.2, 0.25) is 0 Å². The van der Waals surface area contributed by atoms with Gasteiger partial charge in [-0.1, -0.05) is 0 Å². The van der Waals surface area contributed by atoms with Crippen molar-refractivity contribution >= 4 is 5.69 Å². The van der Waals surface area contributed by atoms with E-state index in [0.717, 1.165) is 0 Å². The Labute approximate surface area is 87.1 Å². The van der Waals surface area contributed by atoms with Crippen molar-refractivity contribution < 1.29 is 9.66 Å². The normalized spacial score (nSPS) is 9.40. The largest absolute Gasteiger partial charge is 0.478 e. The molecular weight excluding hydrogens is 196 g/mol. The highest BCUT2D eigenvalue weighted by molar-refractivity contribution is 5.49. The van der Waals surface area contributed by atoms with Gasteiger partial charge < -0.3 is 4.74 Å². The number of aryl methyl sites for hydroxylation is 2. The fraction of sp³-hybridized carbons (Fsp3) is 0.300. The number of nitro groups is 1. The van der Waals surface area contributed by atoms with Gasteiger partial charge in [-0.3, -0.25) is 10.1 Å². The van der Waals surface area contributed by atoms with Gasteiger partial charge in [-0.15, -0.1) is 0 Å². The van der Waals surface area contributed by atoms with Crippen LogP contribution in [0.5, 0.6) is 5.75 Å². The molecule has 0 bridgehead atoms. The minimum Gasteiger partial charge on any atom is -0.478 e. The first-order chi connectivity index (χ1) is 7.06. The van der Waals surface area contributed by atoms with Gasteiger partial charge in [0.15, 0.2) is 6.61 Å². The molecule has 15 heavy (non-hydrogen) atoms. The Morgan fingerprint density at radius 3 is 2.67 bits per heavy atom. The van der Waals surface area contributed by atoms with Gasteiger partial charge in [0, 0.05) is 11.6 Å². The summed E-state index contributed by atoms with van der Waals surface area (Å²) in [5.74, 6) is 0.514. The lowest BCUT2D eigenvalue weighted by atomic mass is 10.1. The highest BCUT2D eigenvalue weighted by atomic mass is 16.6. The van der Waals surface area contributed by atoms with E-state index < -0.39 is 4.92 Å². The molecule has 5 nitrogen and oxygen atoms in total. The average Bonchev–Trinajstić information content (AvgIpc) is 2.18. The van der Waals surface area contributed by atoms with Crippen LogP contribution in [0.25, 0.3) is 0 Å². The van der Waals surface area contributed by atoms with Crippen LogP contribution in [0, 0.1) is 35.3 Å². The van der Waals surface area contributed by atoms with Crippen molar-refractivity contribution in [1.29, 1.82) is 5.26 Å². The molecule has 1 aromatic carbocycles. The van der Waals surface area contributed by atoms with Crippen molar-refractivity contribution in [3.05, 3.63) is 33.4 Å². The highest BCUT2D eigenvalue weighted by Crippen LogP contribution is 2.27. The second-order valence-corrected chi connectivity index (χ2v) is 3.11. The summed E-state index contributed by atoms with van der Waals surface area (Å²) in [5, 5.41) is 19.0. The van der Waals surface area contributed by atoms with E-state index in [4.69, 9.17) is 10.00 Å². The molecule has 0 spiro atoms. The molecule has 0 aliphatic heterocycles. The molecule has 0 fully saturated rings. The third-order valence-corrected chi connectivity index (χ3v) is 1.98. The number of hydrogen-bond acceptors (Lipinski definition) is 4. The number of benzene rings is 1. The van der Waals surface area contributed by atoms with Crippen molar-refractivity contribution in [3.8, 4) is 11.8 Å². The standard InChI is InChI=1S/C10H10N2O3/c1-7-6-10(15-4-3-11)8(2)5-9(7)12(13)14/h5-6H,4H2,1-2H3. The monoisotopic (exact) mass is 206 g/mol. The Morgan fingerprint density at radius 1 is 1.47 bits per heavy atom. The molecule has 1 rings (SSSR count). The molecule has 0 radical (unpaired) electrons. The van der Waals surface area contributed by atoms with E-state index in [0.29, 0.717) is 16.9 Å². The molecule has 1 aromatic rings. The number of nitro benzene ring substituents is 1. The van der Waals surface area contributed by atoms with E-state index in [-0.39, 0.29) is 12.3 Å². The summed E-state index contributed by atoms with van der Waals surface area (Å²) >= 11 is 0. The van der Waals surface area contributed by atoms with E-state index >= 15 is 0 Å². The molecule has 0 amide bonds. The average molecular weight is 206 g/mol. The molecule has 0 saturated carbocycles. The molecule has 0 aliphatic carbocycles. The van der Waals surface area contributed by atoms with Gasteiger partial charge in [0.05, 0.1) is 4.92 Å². The molecule has 0 saturated heterocycles. The van der Waals surface area contributed by atoms with Gasteiger partial charge in [0.1, 0.15) is 11.8 Å². The summed E-state index contributed by atoms with van der Waals surface area (Å²) in [6, 6.07) is 4.86. The van der Waals surface area contributed by atoms with Crippen LogP contribution in [-0.4, -0.2) is 11.5 Å². The lowest BCUT2D eigenvalue weighted by molar-refractivity contribution is -0.385. The predicted octanol–water partition coefficient (Wildman–Crippen LogP) is 2.11. The smallest absolute Gasteiger partial charge is 0.272 e. The van der Waals surface area contributed by atoms with Crippen LogP contribution in [0.1, 0.15) is 11.1 Å². The van der Waals surface area contributed by atoms with Crippen LogP contribution < -0.4 is 4.74 Å². The quantitative estimate of drug-likeness (QED) is 0.560. The molecule has 0 unspecified atom stereocenters.